The lowest BCUT2D eigenvalue weighted by Crippen LogP contribution is -2.29. The van der Waals surface area contributed by atoms with E-state index in [0.717, 1.165) is 16.7 Å². The van der Waals surface area contributed by atoms with Crippen molar-refractivity contribution in [3.8, 4) is 5.75 Å². The standard InChI is InChI=1S/C34H27N3O4S2/c1-22-15-17-25(18-16-22)30(38)28-29(26-13-8-14-27(19-26)41-20-23-9-4-2-5-10-23)37(32(40)31(28)39)33-35-36-34(43-33)42-21-24-11-6-3-7-12-24/h2-19,29,38H,20-21H2,1H3/b30-28+. The van der Waals surface area contributed by atoms with Crippen LogP contribution in [0.4, 0.5) is 5.13 Å². The molecule has 2 heterocycles. The summed E-state index contributed by atoms with van der Waals surface area (Å²) in [5.74, 6) is -0.549. The number of aromatic nitrogens is 2. The molecule has 1 amide bonds. The van der Waals surface area contributed by atoms with Gasteiger partial charge in [0.25, 0.3) is 5.78 Å². The minimum absolute atomic E-state index is 0.0113. The third-order valence-corrected chi connectivity index (χ3v) is 9.13. The van der Waals surface area contributed by atoms with E-state index in [-0.39, 0.29) is 16.5 Å². The van der Waals surface area contributed by atoms with Gasteiger partial charge >= 0.3 is 5.91 Å². The summed E-state index contributed by atoms with van der Waals surface area (Å²) in [5.41, 5.74) is 4.19. The first-order valence-corrected chi connectivity index (χ1v) is 15.4. The van der Waals surface area contributed by atoms with Gasteiger partial charge in [-0.25, -0.2) is 0 Å². The summed E-state index contributed by atoms with van der Waals surface area (Å²) in [6.45, 7) is 2.29. The zero-order valence-electron chi connectivity index (χ0n) is 23.2. The van der Waals surface area contributed by atoms with Crippen LogP contribution >= 0.6 is 23.1 Å². The van der Waals surface area contributed by atoms with E-state index in [4.69, 9.17) is 4.74 Å². The average molecular weight is 606 g/mol. The van der Waals surface area contributed by atoms with E-state index >= 15 is 0 Å². The number of hydrogen-bond donors (Lipinski definition) is 1. The summed E-state index contributed by atoms with van der Waals surface area (Å²) in [7, 11) is 0. The number of hydrogen-bond acceptors (Lipinski definition) is 8. The van der Waals surface area contributed by atoms with Gasteiger partial charge in [-0.1, -0.05) is 126 Å². The number of aliphatic hydroxyl groups excluding tert-OH is 1. The van der Waals surface area contributed by atoms with Gasteiger partial charge < -0.3 is 9.84 Å². The highest BCUT2D eigenvalue weighted by Crippen LogP contribution is 2.44. The fourth-order valence-corrected chi connectivity index (χ4v) is 6.63. The quantitative estimate of drug-likeness (QED) is 0.0618. The molecule has 1 fully saturated rings. The second-order valence-corrected chi connectivity index (χ2v) is 12.2. The SMILES string of the molecule is Cc1ccc(/C(O)=C2\C(=O)C(=O)N(c3nnc(SCc4ccccc4)s3)C2c2cccc(OCc3ccccc3)c2)cc1. The molecular formula is C34H27N3O4S2. The normalized spacial score (nSPS) is 16.0. The average Bonchev–Trinajstić information content (AvgIpc) is 3.62. The Morgan fingerprint density at radius 3 is 2.30 bits per heavy atom. The molecule has 1 unspecified atom stereocenters. The molecule has 1 aliphatic rings. The first-order chi connectivity index (χ1) is 21.0. The van der Waals surface area contributed by atoms with E-state index in [9.17, 15) is 14.7 Å². The number of aryl methyl sites for hydroxylation is 1. The number of amides is 1. The number of carbonyl (C=O) groups excluding carboxylic acids is 2. The zero-order valence-corrected chi connectivity index (χ0v) is 24.8. The van der Waals surface area contributed by atoms with Crippen LogP contribution in [0.2, 0.25) is 0 Å². The Morgan fingerprint density at radius 2 is 1.58 bits per heavy atom. The molecule has 43 heavy (non-hydrogen) atoms. The number of rotatable bonds is 9. The Balaban J connectivity index is 1.37. The van der Waals surface area contributed by atoms with Crippen LogP contribution in [0.15, 0.2) is 119 Å². The Hall–Kier alpha value is -4.73. The van der Waals surface area contributed by atoms with Gasteiger partial charge in [-0.3, -0.25) is 14.5 Å². The van der Waals surface area contributed by atoms with E-state index in [0.29, 0.717) is 33.6 Å². The van der Waals surface area contributed by atoms with Crippen LogP contribution in [0, 0.1) is 6.92 Å². The van der Waals surface area contributed by atoms with E-state index in [1.807, 2.05) is 97.9 Å². The molecule has 0 spiro atoms. The van der Waals surface area contributed by atoms with Crippen molar-refractivity contribution in [3.05, 3.63) is 143 Å². The summed E-state index contributed by atoms with van der Waals surface area (Å²) in [6, 6.07) is 33.2. The van der Waals surface area contributed by atoms with Gasteiger partial charge in [-0.2, -0.15) is 0 Å². The van der Waals surface area contributed by atoms with Crippen molar-refractivity contribution in [2.45, 2.75) is 29.7 Å². The summed E-state index contributed by atoms with van der Waals surface area (Å²) in [5, 5.41) is 20.3. The van der Waals surface area contributed by atoms with Gasteiger partial charge in [0.1, 0.15) is 18.1 Å². The maximum Gasteiger partial charge on any atom is 0.301 e. The molecule has 1 atom stereocenters. The third kappa shape index (κ3) is 6.23. The third-order valence-electron chi connectivity index (χ3n) is 7.00. The van der Waals surface area contributed by atoms with Crippen LogP contribution in [0.25, 0.3) is 5.76 Å². The molecule has 4 aromatic carbocycles. The number of thioether (sulfide) groups is 1. The second kappa shape index (κ2) is 12.6. The van der Waals surface area contributed by atoms with Crippen molar-refractivity contribution in [1.82, 2.24) is 10.2 Å². The van der Waals surface area contributed by atoms with Crippen molar-refractivity contribution in [1.29, 1.82) is 0 Å². The van der Waals surface area contributed by atoms with Crippen molar-refractivity contribution in [2.75, 3.05) is 4.90 Å². The predicted octanol–water partition coefficient (Wildman–Crippen LogP) is 7.34. The lowest BCUT2D eigenvalue weighted by atomic mass is 9.95. The molecule has 9 heteroatoms. The smallest absolute Gasteiger partial charge is 0.301 e. The molecule has 1 saturated heterocycles. The first-order valence-electron chi connectivity index (χ1n) is 13.6. The van der Waals surface area contributed by atoms with Gasteiger partial charge in [0.05, 0.1) is 11.6 Å². The lowest BCUT2D eigenvalue weighted by molar-refractivity contribution is -0.132. The molecule has 7 nitrogen and oxygen atoms in total. The van der Waals surface area contributed by atoms with Gasteiger partial charge in [-0.15, -0.1) is 10.2 Å². The number of aliphatic hydroxyl groups is 1. The molecule has 6 rings (SSSR count). The molecule has 0 bridgehead atoms. The molecule has 0 radical (unpaired) electrons. The minimum Gasteiger partial charge on any atom is -0.507 e. The zero-order chi connectivity index (χ0) is 29.8. The molecule has 0 aliphatic carbocycles. The maximum atomic E-state index is 13.6. The fraction of sp³-hybridized carbons (Fsp3) is 0.118. The molecule has 1 aromatic heterocycles. The van der Waals surface area contributed by atoms with Crippen LogP contribution in [0.3, 0.4) is 0 Å². The van der Waals surface area contributed by atoms with Crippen LogP contribution in [0.5, 0.6) is 5.75 Å². The van der Waals surface area contributed by atoms with Crippen LogP contribution in [-0.2, 0) is 21.9 Å². The van der Waals surface area contributed by atoms with E-state index < -0.39 is 17.7 Å². The van der Waals surface area contributed by atoms with E-state index in [1.165, 1.54) is 28.0 Å². The largest absolute Gasteiger partial charge is 0.507 e. The van der Waals surface area contributed by atoms with Crippen LogP contribution < -0.4 is 9.64 Å². The number of nitrogens with zero attached hydrogens (tertiary/aromatic N) is 3. The number of Topliss-reactive ketones (excluding diaryl/α,β-unsaturated/α-hetero) is 1. The van der Waals surface area contributed by atoms with Gasteiger partial charge in [0, 0.05) is 11.3 Å². The monoisotopic (exact) mass is 605 g/mol. The number of anilines is 1. The summed E-state index contributed by atoms with van der Waals surface area (Å²) in [6.07, 6.45) is 0. The Labute approximate surface area is 257 Å². The highest BCUT2D eigenvalue weighted by atomic mass is 32.2. The van der Waals surface area contributed by atoms with Crippen molar-refractivity contribution < 1.29 is 19.4 Å². The molecule has 214 valence electrons. The number of ketones is 1. The molecule has 1 aliphatic heterocycles. The predicted molar refractivity (Wildman–Crippen MR) is 169 cm³/mol. The maximum absolute atomic E-state index is 13.6. The van der Waals surface area contributed by atoms with E-state index in [2.05, 4.69) is 10.2 Å². The molecular weight excluding hydrogens is 579 g/mol. The van der Waals surface area contributed by atoms with Crippen LogP contribution in [-0.4, -0.2) is 27.0 Å². The van der Waals surface area contributed by atoms with Crippen LogP contribution in [0.1, 0.15) is 33.9 Å². The summed E-state index contributed by atoms with van der Waals surface area (Å²) in [4.78, 5) is 28.5. The Morgan fingerprint density at radius 1 is 0.884 bits per heavy atom. The summed E-state index contributed by atoms with van der Waals surface area (Å²) >= 11 is 2.74. The highest BCUT2D eigenvalue weighted by Gasteiger charge is 2.48. The molecule has 1 N–H and O–H groups in total. The number of ether oxygens (including phenoxy) is 1. The minimum atomic E-state index is -0.929. The Bertz CT molecular complexity index is 1790. The number of carbonyl (C=O) groups is 2. The lowest BCUT2D eigenvalue weighted by Gasteiger charge is -2.23. The van der Waals surface area contributed by atoms with Gasteiger partial charge in [0.2, 0.25) is 5.13 Å². The topological polar surface area (TPSA) is 92.6 Å². The Kier molecular flexibility index (Phi) is 8.35. The summed E-state index contributed by atoms with van der Waals surface area (Å²) < 4.78 is 6.73. The highest BCUT2D eigenvalue weighted by molar-refractivity contribution is 8.00. The van der Waals surface area contributed by atoms with Crippen molar-refractivity contribution in [3.63, 3.8) is 0 Å². The molecule has 0 saturated carbocycles. The van der Waals surface area contributed by atoms with E-state index in [1.54, 1.807) is 18.2 Å². The second-order valence-electron chi connectivity index (χ2n) is 10.0. The van der Waals surface area contributed by atoms with Crippen molar-refractivity contribution >= 4 is 45.7 Å². The number of benzene rings is 4. The fourth-order valence-electron chi connectivity index (χ4n) is 4.80. The van der Waals surface area contributed by atoms with Gasteiger partial charge in [-0.05, 0) is 35.7 Å². The first kappa shape index (κ1) is 28.4. The molecule has 5 aromatic rings. The van der Waals surface area contributed by atoms with Crippen molar-refractivity contribution in [2.24, 2.45) is 0 Å². The van der Waals surface area contributed by atoms with Gasteiger partial charge in [0.15, 0.2) is 4.34 Å².